The van der Waals surface area contributed by atoms with Crippen LogP contribution < -0.4 is 0 Å². The van der Waals surface area contributed by atoms with Crippen molar-refractivity contribution in [1.29, 1.82) is 0 Å². The van der Waals surface area contributed by atoms with Crippen molar-refractivity contribution in [2.75, 3.05) is 0 Å². The molecule has 0 amide bonds. The number of rotatable bonds is 4. The van der Waals surface area contributed by atoms with Gasteiger partial charge in [0, 0.05) is 0 Å². The monoisotopic (exact) mass is 196 g/mol. The summed E-state index contributed by atoms with van der Waals surface area (Å²) in [6, 6.07) is 12.1. The normalized spacial score (nSPS) is 9.33. The molecule has 0 saturated carbocycles. The van der Waals surface area contributed by atoms with Gasteiger partial charge in [0.25, 0.3) is 0 Å². The second-order valence-corrected chi connectivity index (χ2v) is 2.75. The minimum atomic E-state index is 0.592. The van der Waals surface area contributed by atoms with E-state index >= 15 is 0 Å². The average molecular weight is 196 g/mol. The predicted octanol–water partition coefficient (Wildman–Crippen LogP) is 3.75. The van der Waals surface area contributed by atoms with Gasteiger partial charge < -0.3 is 0 Å². The molecule has 0 atom stereocenters. The van der Waals surface area contributed by atoms with Gasteiger partial charge in [-0.1, -0.05) is 43.5 Å². The van der Waals surface area contributed by atoms with Crippen LogP contribution in [0, 0.1) is 0 Å². The summed E-state index contributed by atoms with van der Waals surface area (Å²) in [7, 11) is 0. The second kappa shape index (κ2) is 6.30. The van der Waals surface area contributed by atoms with Gasteiger partial charge in [-0.25, -0.2) is 0 Å². The van der Waals surface area contributed by atoms with Gasteiger partial charge in [-0.3, -0.25) is 0 Å². The molecule has 0 saturated heterocycles. The highest BCUT2D eigenvalue weighted by molar-refractivity contribution is 5.53. The minimum Gasteiger partial charge on any atom is -0.188 e. The molecular formula is C13H12N2. The number of allylic oxidation sites excluding steroid dienone is 3. The third-order valence-electron chi connectivity index (χ3n) is 1.55. The number of benzene rings is 1. The Morgan fingerprint density at radius 2 is 2.00 bits per heavy atom. The lowest BCUT2D eigenvalue weighted by Gasteiger charge is -1.86. The Balaban J connectivity index is 2.65. The van der Waals surface area contributed by atoms with Crippen LogP contribution in [0.3, 0.4) is 0 Å². The van der Waals surface area contributed by atoms with Gasteiger partial charge in [0.05, 0.1) is 11.4 Å². The summed E-state index contributed by atoms with van der Waals surface area (Å²) in [5, 5.41) is 0. The largest absolute Gasteiger partial charge is 0.188 e. The van der Waals surface area contributed by atoms with Crippen molar-refractivity contribution < 1.29 is 0 Å². The van der Waals surface area contributed by atoms with Gasteiger partial charge in [-0.05, 0) is 18.2 Å². The Morgan fingerprint density at radius 1 is 1.27 bits per heavy atom. The van der Waals surface area contributed by atoms with E-state index in [4.69, 9.17) is 0 Å². The van der Waals surface area contributed by atoms with E-state index in [9.17, 15) is 0 Å². The molecule has 2 nitrogen and oxygen atoms in total. The molecule has 1 aromatic carbocycles. The first-order valence-electron chi connectivity index (χ1n) is 4.52. The van der Waals surface area contributed by atoms with E-state index in [0.29, 0.717) is 5.70 Å². The molecule has 15 heavy (non-hydrogen) atoms. The molecule has 0 aliphatic rings. The maximum atomic E-state index is 4.02. The Kier molecular flexibility index (Phi) is 4.58. The third kappa shape index (κ3) is 4.55. The minimum absolute atomic E-state index is 0.592. The second-order valence-electron chi connectivity index (χ2n) is 2.75. The maximum Gasteiger partial charge on any atom is 0.100 e. The van der Waals surface area contributed by atoms with Crippen molar-refractivity contribution in [2.45, 2.75) is 0 Å². The van der Waals surface area contributed by atoms with Crippen LogP contribution in [-0.2, 0) is 0 Å². The van der Waals surface area contributed by atoms with E-state index in [0.717, 1.165) is 5.69 Å². The summed E-state index contributed by atoms with van der Waals surface area (Å²) < 4.78 is 0. The van der Waals surface area contributed by atoms with Gasteiger partial charge in [-0.15, -0.1) is 0 Å². The molecular weight excluding hydrogens is 184 g/mol. The topological polar surface area (TPSA) is 24.7 Å². The van der Waals surface area contributed by atoms with Crippen LogP contribution in [0.15, 0.2) is 77.4 Å². The molecule has 1 aromatic rings. The molecule has 0 unspecified atom stereocenters. The van der Waals surface area contributed by atoms with E-state index in [1.165, 1.54) is 0 Å². The molecule has 0 aliphatic heterocycles. The lowest BCUT2D eigenvalue weighted by atomic mass is 10.3. The summed E-state index contributed by atoms with van der Waals surface area (Å²) in [6.07, 6.45) is 5.16. The summed E-state index contributed by atoms with van der Waals surface area (Å²) in [5.74, 6) is 0. The van der Waals surface area contributed by atoms with Gasteiger partial charge in [0.2, 0.25) is 0 Å². The first kappa shape index (κ1) is 10.9. The molecule has 0 spiro atoms. The van der Waals surface area contributed by atoms with Crippen molar-refractivity contribution in [3.05, 3.63) is 67.4 Å². The third-order valence-corrected chi connectivity index (χ3v) is 1.55. The molecule has 0 heterocycles. The molecule has 2 heteroatoms. The highest BCUT2D eigenvalue weighted by Gasteiger charge is 1.81. The predicted molar refractivity (Wildman–Crippen MR) is 64.4 cm³/mol. The zero-order valence-electron chi connectivity index (χ0n) is 8.43. The van der Waals surface area contributed by atoms with Gasteiger partial charge in [0.15, 0.2) is 0 Å². The molecule has 0 N–H and O–H groups in total. The molecule has 0 bridgehead atoms. The quantitative estimate of drug-likeness (QED) is 0.517. The number of hydrogen-bond acceptors (Lipinski definition) is 2. The standard InChI is InChI=1S/C13H12N2/c1-3-4-8-12(2)14-11-15-13-9-6-5-7-10-13/h3-10H,1-2H2/b8-4-. The molecule has 0 fully saturated rings. The van der Waals surface area contributed by atoms with Crippen molar-refractivity contribution in [3.8, 4) is 0 Å². The highest BCUT2D eigenvalue weighted by Crippen LogP contribution is 2.07. The summed E-state index contributed by atoms with van der Waals surface area (Å²) in [5.41, 5.74) is 1.41. The molecule has 74 valence electrons. The zero-order chi connectivity index (χ0) is 10.9. The van der Waals surface area contributed by atoms with Gasteiger partial charge in [-0.2, -0.15) is 9.98 Å². The average Bonchev–Trinajstić information content (AvgIpc) is 2.28. The van der Waals surface area contributed by atoms with E-state index in [-0.39, 0.29) is 0 Å². The fourth-order valence-corrected chi connectivity index (χ4v) is 0.866. The number of aliphatic imine (C=N–C) groups is 2. The number of nitrogens with zero attached hydrogens (tertiary/aromatic N) is 2. The van der Waals surface area contributed by atoms with Crippen LogP contribution in [0.5, 0.6) is 0 Å². The van der Waals surface area contributed by atoms with Gasteiger partial charge in [0.1, 0.15) is 6.01 Å². The van der Waals surface area contributed by atoms with Crippen LogP contribution >= 0.6 is 0 Å². The van der Waals surface area contributed by atoms with Crippen LogP contribution in [0.1, 0.15) is 0 Å². The van der Waals surface area contributed by atoms with E-state index in [2.05, 4.69) is 29.2 Å². The smallest absolute Gasteiger partial charge is 0.100 e. The van der Waals surface area contributed by atoms with Crippen molar-refractivity contribution in [1.82, 2.24) is 0 Å². The van der Waals surface area contributed by atoms with Crippen molar-refractivity contribution >= 4 is 11.7 Å². The van der Waals surface area contributed by atoms with Crippen molar-refractivity contribution in [2.24, 2.45) is 9.98 Å². The highest BCUT2D eigenvalue weighted by atomic mass is 14.8. The Bertz CT molecular complexity index is 421. The summed E-state index contributed by atoms with van der Waals surface area (Å²) in [4.78, 5) is 7.93. The maximum absolute atomic E-state index is 4.02. The summed E-state index contributed by atoms with van der Waals surface area (Å²) >= 11 is 0. The molecule has 0 aliphatic carbocycles. The van der Waals surface area contributed by atoms with E-state index in [1.54, 1.807) is 18.2 Å². The zero-order valence-corrected chi connectivity index (χ0v) is 8.43. The fraction of sp³-hybridized carbons (Fsp3) is 0. The Hall–Kier alpha value is -2.18. The SMILES string of the molecule is C=C/C=C\C(=C)N=C=Nc1ccccc1. The van der Waals surface area contributed by atoms with Crippen LogP contribution in [0.2, 0.25) is 0 Å². The van der Waals surface area contributed by atoms with Crippen molar-refractivity contribution in [3.63, 3.8) is 0 Å². The van der Waals surface area contributed by atoms with E-state index in [1.807, 2.05) is 30.3 Å². The lowest BCUT2D eigenvalue weighted by molar-refractivity contribution is 1.43. The Labute approximate surface area is 89.7 Å². The van der Waals surface area contributed by atoms with Crippen LogP contribution in [0.4, 0.5) is 5.69 Å². The Morgan fingerprint density at radius 3 is 2.67 bits per heavy atom. The number of para-hydroxylation sites is 1. The van der Waals surface area contributed by atoms with Gasteiger partial charge >= 0.3 is 0 Å². The molecule has 0 aromatic heterocycles. The first-order valence-corrected chi connectivity index (χ1v) is 4.52. The number of hydrogen-bond donors (Lipinski definition) is 0. The van der Waals surface area contributed by atoms with Crippen LogP contribution in [-0.4, -0.2) is 6.01 Å². The molecule has 0 radical (unpaired) electrons. The lowest BCUT2D eigenvalue weighted by Crippen LogP contribution is -1.66. The fourth-order valence-electron chi connectivity index (χ4n) is 0.866. The van der Waals surface area contributed by atoms with E-state index < -0.39 is 0 Å². The summed E-state index contributed by atoms with van der Waals surface area (Å²) in [6.45, 7) is 7.25. The van der Waals surface area contributed by atoms with Crippen LogP contribution in [0.25, 0.3) is 0 Å². The first-order chi connectivity index (χ1) is 7.33. The molecule has 1 rings (SSSR count).